The lowest BCUT2D eigenvalue weighted by molar-refractivity contribution is -0.106. The number of hydrogen-bond donors (Lipinski definition) is 0. The van der Waals surface area contributed by atoms with Crippen LogP contribution in [-0.4, -0.2) is 36.3 Å². The molecule has 3 nitrogen and oxygen atoms in total. The monoisotopic (exact) mass is 514 g/mol. The summed E-state index contributed by atoms with van der Waals surface area (Å²) in [5.41, 5.74) is 9.81. The van der Waals surface area contributed by atoms with E-state index in [2.05, 4.69) is 72.9 Å². The lowest BCUT2D eigenvalue weighted by Crippen LogP contribution is -2.27. The summed E-state index contributed by atoms with van der Waals surface area (Å²) in [5, 5.41) is 0. The highest BCUT2D eigenvalue weighted by Gasteiger charge is 2.24. The molecule has 0 atom stereocenters. The number of benzene rings is 1. The largest absolute Gasteiger partial charge is 0.306 e. The molecule has 2 heterocycles. The van der Waals surface area contributed by atoms with Gasteiger partial charge in [0.05, 0.1) is 5.69 Å². The fourth-order valence-corrected chi connectivity index (χ4v) is 4.34. The first-order valence-electron chi connectivity index (χ1n) is 12.5. The highest BCUT2D eigenvalue weighted by molar-refractivity contribution is 9.10. The van der Waals surface area contributed by atoms with Crippen LogP contribution in [0.4, 0.5) is 0 Å². The Morgan fingerprint density at radius 2 is 1.58 bits per heavy atom. The van der Waals surface area contributed by atoms with Crippen LogP contribution in [0.2, 0.25) is 0 Å². The summed E-state index contributed by atoms with van der Waals surface area (Å²) in [7, 11) is 2.22. The van der Waals surface area contributed by atoms with Gasteiger partial charge in [0.1, 0.15) is 6.29 Å². The number of carbonyl (C=O) groups is 1. The van der Waals surface area contributed by atoms with E-state index in [1.807, 2.05) is 20.0 Å². The zero-order chi connectivity index (χ0) is 24.8. The van der Waals surface area contributed by atoms with Crippen LogP contribution >= 0.6 is 15.9 Å². The Labute approximate surface area is 210 Å². The molecule has 1 aromatic heterocycles. The molecule has 182 valence electrons. The molecule has 0 N–H and O–H groups in total. The third kappa shape index (κ3) is 8.83. The number of aldehydes is 1. The highest BCUT2D eigenvalue weighted by atomic mass is 79.9. The maximum absolute atomic E-state index is 8.81. The van der Waals surface area contributed by atoms with Crippen molar-refractivity contribution >= 4 is 27.8 Å². The number of likely N-dealkylation sites (tertiary alicyclic amines) is 1. The molecule has 2 aliphatic rings. The van der Waals surface area contributed by atoms with Gasteiger partial charge in [-0.1, -0.05) is 69.9 Å². The SMILES string of the molecule is CC.CC=O.CCCC.Cc1ccc2c(c1)CCc1cc(Br)cnc1C2=C1CCN(C)CC1. The summed E-state index contributed by atoms with van der Waals surface area (Å²) in [6, 6.07) is 9.20. The van der Waals surface area contributed by atoms with E-state index in [0.717, 1.165) is 49.5 Å². The highest BCUT2D eigenvalue weighted by Crippen LogP contribution is 2.38. The number of fused-ring (bicyclic) bond motifs is 2. The van der Waals surface area contributed by atoms with E-state index >= 15 is 0 Å². The minimum Gasteiger partial charge on any atom is -0.306 e. The molecule has 0 unspecified atom stereocenters. The minimum absolute atomic E-state index is 0.750. The van der Waals surface area contributed by atoms with Gasteiger partial charge in [0.15, 0.2) is 0 Å². The van der Waals surface area contributed by atoms with E-state index in [-0.39, 0.29) is 0 Å². The second-order valence-electron chi connectivity index (χ2n) is 8.34. The van der Waals surface area contributed by atoms with E-state index in [9.17, 15) is 0 Å². The second kappa shape index (κ2) is 16.0. The Hall–Kier alpha value is -1.78. The van der Waals surface area contributed by atoms with Crippen LogP contribution in [-0.2, 0) is 17.6 Å². The first kappa shape index (κ1) is 29.3. The molecule has 0 spiro atoms. The summed E-state index contributed by atoms with van der Waals surface area (Å²) in [6.45, 7) is 14.3. The number of aryl methyl sites for hydroxylation is 3. The molecule has 2 aromatic rings. The van der Waals surface area contributed by atoms with Crippen LogP contribution in [0.15, 0.2) is 40.5 Å². The second-order valence-corrected chi connectivity index (χ2v) is 9.26. The number of unbranched alkanes of at least 4 members (excludes halogenated alkanes) is 1. The minimum atomic E-state index is 0.750. The first-order chi connectivity index (χ1) is 15.9. The molecule has 0 amide bonds. The lowest BCUT2D eigenvalue weighted by atomic mass is 9.88. The van der Waals surface area contributed by atoms with E-state index in [1.165, 1.54) is 53.3 Å². The topological polar surface area (TPSA) is 33.2 Å². The van der Waals surface area contributed by atoms with E-state index in [1.54, 1.807) is 5.57 Å². The van der Waals surface area contributed by atoms with Crippen LogP contribution in [0.3, 0.4) is 0 Å². The number of carbonyl (C=O) groups excluding carboxylic acids is 1. The molecule has 1 saturated heterocycles. The van der Waals surface area contributed by atoms with Gasteiger partial charge in [-0.25, -0.2) is 0 Å². The molecule has 33 heavy (non-hydrogen) atoms. The van der Waals surface area contributed by atoms with Crippen LogP contribution in [0.5, 0.6) is 0 Å². The van der Waals surface area contributed by atoms with Crippen molar-refractivity contribution in [2.75, 3.05) is 20.1 Å². The number of halogens is 1. The van der Waals surface area contributed by atoms with Gasteiger partial charge in [0.2, 0.25) is 0 Å². The predicted molar refractivity (Wildman–Crippen MR) is 147 cm³/mol. The number of hydrogen-bond acceptors (Lipinski definition) is 3. The van der Waals surface area contributed by atoms with Crippen molar-refractivity contribution in [3.8, 4) is 0 Å². The molecule has 1 fully saturated rings. The zero-order valence-electron chi connectivity index (χ0n) is 21.8. The summed E-state index contributed by atoms with van der Waals surface area (Å²) in [4.78, 5) is 16.1. The Morgan fingerprint density at radius 3 is 2.15 bits per heavy atom. The van der Waals surface area contributed by atoms with Crippen molar-refractivity contribution in [2.24, 2.45) is 0 Å². The van der Waals surface area contributed by atoms with Gasteiger partial charge in [-0.2, -0.15) is 0 Å². The molecule has 4 rings (SSSR count). The van der Waals surface area contributed by atoms with Crippen molar-refractivity contribution in [3.63, 3.8) is 0 Å². The van der Waals surface area contributed by atoms with Gasteiger partial charge in [-0.3, -0.25) is 4.98 Å². The van der Waals surface area contributed by atoms with E-state index < -0.39 is 0 Å². The van der Waals surface area contributed by atoms with Crippen molar-refractivity contribution in [2.45, 2.75) is 80.1 Å². The number of rotatable bonds is 1. The molecular formula is C29H43BrN2O. The van der Waals surface area contributed by atoms with Gasteiger partial charge in [-0.15, -0.1) is 0 Å². The zero-order valence-corrected chi connectivity index (χ0v) is 23.4. The number of piperidine rings is 1. The average Bonchev–Trinajstić information content (AvgIpc) is 2.98. The van der Waals surface area contributed by atoms with Gasteiger partial charge in [-0.05, 0) is 85.3 Å². The molecule has 4 heteroatoms. The van der Waals surface area contributed by atoms with E-state index in [0.29, 0.717) is 0 Å². The first-order valence-corrected chi connectivity index (χ1v) is 13.3. The maximum Gasteiger partial charge on any atom is 0.116 e. The van der Waals surface area contributed by atoms with Crippen molar-refractivity contribution < 1.29 is 4.79 Å². The molecule has 1 aliphatic heterocycles. The summed E-state index contributed by atoms with van der Waals surface area (Å²) in [6.07, 6.45) is 9.80. The Morgan fingerprint density at radius 1 is 1.00 bits per heavy atom. The van der Waals surface area contributed by atoms with Crippen LogP contribution in [0, 0.1) is 6.92 Å². The molecule has 0 saturated carbocycles. The van der Waals surface area contributed by atoms with E-state index in [4.69, 9.17) is 9.78 Å². The van der Waals surface area contributed by atoms with Gasteiger partial charge in [0.25, 0.3) is 0 Å². The Kier molecular flexibility index (Phi) is 14.1. The normalized spacial score (nSPS) is 14.7. The standard InChI is InChI=1S/C21H23BrN2.C4H10.C2H4O.C2H6/c1-14-3-6-19-16(11-14)4-5-17-12-18(22)13-23-21(17)20(19)15-7-9-24(2)10-8-15;1-3-4-2;1-2-3;1-2/h3,6,11-13H,4-5,7-10H2,1-2H3;3-4H2,1-2H3;2H,1H3;1-2H3. The summed E-state index contributed by atoms with van der Waals surface area (Å²) in [5.74, 6) is 0. The van der Waals surface area contributed by atoms with Gasteiger partial charge >= 0.3 is 0 Å². The third-order valence-electron chi connectivity index (χ3n) is 5.81. The molecule has 1 aliphatic carbocycles. The molecule has 0 radical (unpaired) electrons. The predicted octanol–water partition coefficient (Wildman–Crippen LogP) is 7.82. The van der Waals surface area contributed by atoms with Gasteiger partial charge < -0.3 is 9.69 Å². The number of nitrogens with zero attached hydrogens (tertiary/aromatic N) is 2. The number of pyridine rings is 1. The smallest absolute Gasteiger partial charge is 0.116 e. The molecule has 0 bridgehead atoms. The van der Waals surface area contributed by atoms with Gasteiger partial charge in [0, 0.05) is 29.3 Å². The fraction of sp³-hybridized carbons (Fsp3) is 0.517. The summed E-state index contributed by atoms with van der Waals surface area (Å²) >= 11 is 3.60. The molecule has 1 aromatic carbocycles. The number of aromatic nitrogens is 1. The Bertz CT molecular complexity index is 837. The Balaban J connectivity index is 0.000000528. The van der Waals surface area contributed by atoms with Crippen molar-refractivity contribution in [3.05, 3.63) is 68.5 Å². The lowest BCUT2D eigenvalue weighted by Gasteiger charge is -2.27. The quantitative estimate of drug-likeness (QED) is 0.363. The average molecular weight is 516 g/mol. The summed E-state index contributed by atoms with van der Waals surface area (Å²) < 4.78 is 1.08. The van der Waals surface area contributed by atoms with Crippen LogP contribution in [0.1, 0.15) is 88.2 Å². The van der Waals surface area contributed by atoms with Crippen molar-refractivity contribution in [1.29, 1.82) is 0 Å². The van der Waals surface area contributed by atoms with Crippen LogP contribution < -0.4 is 0 Å². The maximum atomic E-state index is 8.81. The fourth-order valence-electron chi connectivity index (χ4n) is 3.96. The van der Waals surface area contributed by atoms with Crippen molar-refractivity contribution in [1.82, 2.24) is 9.88 Å². The molecular weight excluding hydrogens is 472 g/mol. The van der Waals surface area contributed by atoms with Crippen LogP contribution in [0.25, 0.3) is 5.57 Å². The third-order valence-corrected chi connectivity index (χ3v) is 6.24.